The molecular weight excluding hydrogens is 216 g/mol. The Balaban J connectivity index is 2.52. The molecule has 1 amide bonds. The molecule has 1 unspecified atom stereocenters. The molecule has 0 spiro atoms. The van der Waals surface area contributed by atoms with E-state index >= 15 is 0 Å². The van der Waals surface area contributed by atoms with Crippen LogP contribution in [0.3, 0.4) is 0 Å². The summed E-state index contributed by atoms with van der Waals surface area (Å²) in [7, 11) is 1.62. The molecule has 1 aromatic carbocycles. The van der Waals surface area contributed by atoms with Crippen LogP contribution < -0.4 is 15.8 Å². The third-order valence-corrected chi connectivity index (χ3v) is 2.62. The van der Waals surface area contributed by atoms with Crippen LogP contribution in [0.4, 0.5) is 0 Å². The monoisotopic (exact) mass is 236 g/mol. The number of methoxy groups -OCH3 is 1. The fourth-order valence-electron chi connectivity index (χ4n) is 1.39. The zero-order valence-electron chi connectivity index (χ0n) is 10.6. The lowest BCUT2D eigenvalue weighted by molar-refractivity contribution is -0.123. The maximum Gasteiger partial charge on any atom is 0.237 e. The van der Waals surface area contributed by atoms with E-state index in [4.69, 9.17) is 10.5 Å². The molecule has 0 heterocycles. The molecule has 1 atom stereocenters. The zero-order valence-corrected chi connectivity index (χ0v) is 10.6. The van der Waals surface area contributed by atoms with Crippen LogP contribution in [-0.2, 0) is 11.3 Å². The number of amides is 1. The highest BCUT2D eigenvalue weighted by Crippen LogP contribution is 2.12. The first-order valence-corrected chi connectivity index (χ1v) is 5.71. The summed E-state index contributed by atoms with van der Waals surface area (Å²) in [5, 5.41) is 2.81. The molecule has 0 radical (unpaired) electrons. The predicted octanol–water partition coefficient (Wildman–Crippen LogP) is 1.29. The van der Waals surface area contributed by atoms with E-state index in [2.05, 4.69) is 5.32 Å². The summed E-state index contributed by atoms with van der Waals surface area (Å²) in [5.41, 5.74) is 6.74. The van der Waals surface area contributed by atoms with Gasteiger partial charge in [0.05, 0.1) is 13.2 Å². The number of nitrogens with two attached hydrogens (primary N) is 1. The molecule has 0 fully saturated rings. The third-order valence-electron chi connectivity index (χ3n) is 2.62. The molecule has 0 aliphatic carbocycles. The van der Waals surface area contributed by atoms with Crippen molar-refractivity contribution >= 4 is 5.91 Å². The minimum absolute atomic E-state index is 0.122. The van der Waals surface area contributed by atoms with Crippen molar-refractivity contribution in [3.63, 3.8) is 0 Å². The molecule has 0 aliphatic heterocycles. The van der Waals surface area contributed by atoms with Crippen molar-refractivity contribution in [1.29, 1.82) is 0 Å². The minimum Gasteiger partial charge on any atom is -0.497 e. The standard InChI is InChI=1S/C13H20N2O2/c1-9(2)12(14)13(16)15-8-10-5-4-6-11(7-10)17-3/h4-7,9,12H,8,14H2,1-3H3,(H,15,16). The molecule has 17 heavy (non-hydrogen) atoms. The van der Waals surface area contributed by atoms with Gasteiger partial charge in [0, 0.05) is 6.54 Å². The maximum atomic E-state index is 11.6. The van der Waals surface area contributed by atoms with Gasteiger partial charge in [-0.1, -0.05) is 26.0 Å². The van der Waals surface area contributed by atoms with E-state index in [-0.39, 0.29) is 11.8 Å². The Hall–Kier alpha value is -1.55. The van der Waals surface area contributed by atoms with E-state index in [1.165, 1.54) is 0 Å². The van der Waals surface area contributed by atoms with E-state index in [0.29, 0.717) is 6.54 Å². The average molecular weight is 236 g/mol. The number of hydrogen-bond acceptors (Lipinski definition) is 3. The summed E-state index contributed by atoms with van der Waals surface area (Å²) in [6.07, 6.45) is 0. The Morgan fingerprint density at radius 1 is 1.47 bits per heavy atom. The van der Waals surface area contributed by atoms with Crippen molar-refractivity contribution in [2.24, 2.45) is 11.7 Å². The van der Waals surface area contributed by atoms with Gasteiger partial charge >= 0.3 is 0 Å². The average Bonchev–Trinajstić information content (AvgIpc) is 2.35. The molecule has 4 nitrogen and oxygen atoms in total. The summed E-state index contributed by atoms with van der Waals surface area (Å²) in [6.45, 7) is 4.32. The molecule has 4 heteroatoms. The summed E-state index contributed by atoms with van der Waals surface area (Å²) in [6, 6.07) is 7.12. The molecule has 1 aromatic rings. The van der Waals surface area contributed by atoms with Gasteiger partial charge in [-0.2, -0.15) is 0 Å². The summed E-state index contributed by atoms with van der Waals surface area (Å²) in [4.78, 5) is 11.6. The number of carbonyl (C=O) groups excluding carboxylic acids is 1. The molecule has 0 bridgehead atoms. The Morgan fingerprint density at radius 2 is 2.18 bits per heavy atom. The minimum atomic E-state index is -0.458. The quantitative estimate of drug-likeness (QED) is 0.809. The summed E-state index contributed by atoms with van der Waals surface area (Å²) >= 11 is 0. The van der Waals surface area contributed by atoms with Crippen molar-refractivity contribution in [1.82, 2.24) is 5.32 Å². The molecular formula is C13H20N2O2. The number of nitrogens with one attached hydrogen (secondary N) is 1. The topological polar surface area (TPSA) is 64.3 Å². The van der Waals surface area contributed by atoms with E-state index in [9.17, 15) is 4.79 Å². The number of ether oxygens (including phenoxy) is 1. The molecule has 0 saturated carbocycles. The second kappa shape index (κ2) is 6.25. The van der Waals surface area contributed by atoms with Gasteiger partial charge in [0.1, 0.15) is 5.75 Å². The van der Waals surface area contributed by atoms with Crippen molar-refractivity contribution in [2.45, 2.75) is 26.4 Å². The largest absolute Gasteiger partial charge is 0.497 e. The van der Waals surface area contributed by atoms with E-state index in [1.54, 1.807) is 7.11 Å². The van der Waals surface area contributed by atoms with E-state index in [1.807, 2.05) is 38.1 Å². The van der Waals surface area contributed by atoms with Crippen molar-refractivity contribution in [3.05, 3.63) is 29.8 Å². The predicted molar refractivity (Wildman–Crippen MR) is 67.7 cm³/mol. The highest BCUT2D eigenvalue weighted by molar-refractivity contribution is 5.81. The smallest absolute Gasteiger partial charge is 0.237 e. The zero-order chi connectivity index (χ0) is 12.8. The van der Waals surface area contributed by atoms with Gasteiger partial charge in [-0.3, -0.25) is 4.79 Å². The fraction of sp³-hybridized carbons (Fsp3) is 0.462. The van der Waals surface area contributed by atoms with Crippen molar-refractivity contribution in [2.75, 3.05) is 7.11 Å². The van der Waals surface area contributed by atoms with Crippen LogP contribution in [0.25, 0.3) is 0 Å². The Bertz CT molecular complexity index is 377. The van der Waals surface area contributed by atoms with Crippen LogP contribution >= 0.6 is 0 Å². The number of rotatable bonds is 5. The second-order valence-corrected chi connectivity index (χ2v) is 4.34. The lowest BCUT2D eigenvalue weighted by Crippen LogP contribution is -2.43. The summed E-state index contributed by atoms with van der Waals surface area (Å²) < 4.78 is 5.11. The van der Waals surface area contributed by atoms with E-state index in [0.717, 1.165) is 11.3 Å². The fourth-order valence-corrected chi connectivity index (χ4v) is 1.39. The first-order chi connectivity index (χ1) is 8.04. The van der Waals surface area contributed by atoms with E-state index < -0.39 is 6.04 Å². The number of benzene rings is 1. The molecule has 0 aromatic heterocycles. The maximum absolute atomic E-state index is 11.6. The van der Waals surface area contributed by atoms with Gasteiger partial charge in [0.2, 0.25) is 5.91 Å². The Morgan fingerprint density at radius 3 is 2.76 bits per heavy atom. The second-order valence-electron chi connectivity index (χ2n) is 4.34. The van der Waals surface area contributed by atoms with Crippen LogP contribution in [0.2, 0.25) is 0 Å². The SMILES string of the molecule is COc1cccc(CNC(=O)C(N)C(C)C)c1. The Labute approximate surface area is 102 Å². The van der Waals surface area contributed by atoms with Crippen molar-refractivity contribution in [3.8, 4) is 5.75 Å². The highest BCUT2D eigenvalue weighted by Gasteiger charge is 2.16. The van der Waals surface area contributed by atoms with Crippen LogP contribution in [-0.4, -0.2) is 19.1 Å². The van der Waals surface area contributed by atoms with Crippen LogP contribution in [0, 0.1) is 5.92 Å². The van der Waals surface area contributed by atoms with Crippen molar-refractivity contribution < 1.29 is 9.53 Å². The highest BCUT2D eigenvalue weighted by atomic mass is 16.5. The molecule has 94 valence electrons. The molecule has 0 aliphatic rings. The van der Waals surface area contributed by atoms with Crippen LogP contribution in [0.5, 0.6) is 5.75 Å². The lowest BCUT2D eigenvalue weighted by atomic mass is 10.0. The molecule has 0 saturated heterocycles. The van der Waals surface area contributed by atoms with Crippen LogP contribution in [0.1, 0.15) is 19.4 Å². The van der Waals surface area contributed by atoms with Gasteiger partial charge in [-0.05, 0) is 23.6 Å². The first-order valence-electron chi connectivity index (χ1n) is 5.71. The number of carbonyl (C=O) groups is 1. The molecule has 1 rings (SSSR count). The lowest BCUT2D eigenvalue weighted by Gasteiger charge is -2.15. The third kappa shape index (κ3) is 4.07. The Kier molecular flexibility index (Phi) is 4.97. The van der Waals surface area contributed by atoms with Gasteiger partial charge < -0.3 is 15.8 Å². The normalized spacial score (nSPS) is 12.3. The van der Waals surface area contributed by atoms with Gasteiger partial charge in [0.15, 0.2) is 0 Å². The number of hydrogen-bond donors (Lipinski definition) is 2. The summed E-state index contributed by atoms with van der Waals surface area (Å²) in [5.74, 6) is 0.799. The van der Waals surface area contributed by atoms with Gasteiger partial charge in [-0.25, -0.2) is 0 Å². The van der Waals surface area contributed by atoms with Gasteiger partial charge in [-0.15, -0.1) is 0 Å². The van der Waals surface area contributed by atoms with Crippen LogP contribution in [0.15, 0.2) is 24.3 Å². The first kappa shape index (κ1) is 13.5. The van der Waals surface area contributed by atoms with Gasteiger partial charge in [0.25, 0.3) is 0 Å². The molecule has 3 N–H and O–H groups in total.